The number of H-pyrrole nitrogens is 1. The Balaban J connectivity index is 2.21. The highest BCUT2D eigenvalue weighted by Gasteiger charge is 2.15. The summed E-state index contributed by atoms with van der Waals surface area (Å²) in [7, 11) is 0. The van der Waals surface area contributed by atoms with Gasteiger partial charge in [0.2, 0.25) is 0 Å². The molecule has 17 heavy (non-hydrogen) atoms. The molecule has 0 saturated carbocycles. The van der Waals surface area contributed by atoms with Crippen LogP contribution in [0.15, 0.2) is 36.4 Å². The molecule has 3 nitrogen and oxygen atoms in total. The highest BCUT2D eigenvalue weighted by Crippen LogP contribution is 2.31. The first-order chi connectivity index (χ1) is 8.24. The lowest BCUT2D eigenvalue weighted by atomic mass is 10.1. The van der Waals surface area contributed by atoms with Crippen LogP contribution in [0.1, 0.15) is 5.82 Å². The van der Waals surface area contributed by atoms with E-state index in [9.17, 15) is 0 Å². The molecule has 1 N–H and O–H groups in total. The molecule has 0 unspecified atom stereocenters. The monoisotopic (exact) mass is 243 g/mol. The third-order valence-corrected chi connectivity index (χ3v) is 2.88. The van der Waals surface area contributed by atoms with Crippen LogP contribution < -0.4 is 0 Å². The summed E-state index contributed by atoms with van der Waals surface area (Å²) < 4.78 is 0. The maximum Gasteiger partial charge on any atom is 0.158 e. The Hall–Kier alpha value is -1.87. The molecule has 4 heteroatoms. The van der Waals surface area contributed by atoms with Crippen molar-refractivity contribution in [1.29, 1.82) is 0 Å². The SMILES string of the molecule is Cc1nc(Cl)c2nc(-c3ccccc3)cc-2[nH]1. The Morgan fingerprint density at radius 1 is 1.12 bits per heavy atom. The number of hydrogen-bond donors (Lipinski definition) is 1. The predicted molar refractivity (Wildman–Crippen MR) is 68.2 cm³/mol. The molecule has 0 saturated heterocycles. The number of rotatable bonds is 1. The summed E-state index contributed by atoms with van der Waals surface area (Å²) in [6.45, 7) is 1.88. The molecule has 0 spiro atoms. The number of fused-ring (bicyclic) bond motifs is 1. The summed E-state index contributed by atoms with van der Waals surface area (Å²) in [5.41, 5.74) is 3.62. The molecule has 0 fully saturated rings. The van der Waals surface area contributed by atoms with Gasteiger partial charge >= 0.3 is 0 Å². The van der Waals surface area contributed by atoms with Gasteiger partial charge in [-0.25, -0.2) is 9.97 Å². The van der Waals surface area contributed by atoms with Gasteiger partial charge in [-0.05, 0) is 13.0 Å². The van der Waals surface area contributed by atoms with Gasteiger partial charge in [0.15, 0.2) is 5.15 Å². The van der Waals surface area contributed by atoms with Crippen molar-refractivity contribution in [3.63, 3.8) is 0 Å². The fourth-order valence-corrected chi connectivity index (χ4v) is 2.12. The first-order valence-electron chi connectivity index (χ1n) is 5.32. The Labute approximate surface area is 104 Å². The lowest BCUT2D eigenvalue weighted by Crippen LogP contribution is -1.92. The Kier molecular flexibility index (Phi) is 2.34. The number of hydrogen-bond acceptors (Lipinski definition) is 2. The molecule has 2 heterocycles. The van der Waals surface area contributed by atoms with Gasteiger partial charge in [0, 0.05) is 5.56 Å². The summed E-state index contributed by atoms with van der Waals surface area (Å²) in [6.07, 6.45) is 0. The molecule has 0 aromatic heterocycles. The molecule has 0 amide bonds. The van der Waals surface area contributed by atoms with Crippen LogP contribution in [0.25, 0.3) is 22.6 Å². The lowest BCUT2D eigenvalue weighted by Gasteiger charge is -2.00. The van der Waals surface area contributed by atoms with E-state index in [0.717, 1.165) is 28.5 Å². The van der Waals surface area contributed by atoms with Crippen LogP contribution in [0.2, 0.25) is 5.15 Å². The van der Waals surface area contributed by atoms with Crippen LogP contribution >= 0.6 is 11.6 Å². The van der Waals surface area contributed by atoms with Gasteiger partial charge in [-0.2, -0.15) is 0 Å². The van der Waals surface area contributed by atoms with Gasteiger partial charge in [0.1, 0.15) is 11.5 Å². The maximum atomic E-state index is 6.07. The smallest absolute Gasteiger partial charge is 0.158 e. The fraction of sp³-hybridized carbons (Fsp3) is 0.0769. The first kappa shape index (κ1) is 10.3. The van der Waals surface area contributed by atoms with Gasteiger partial charge in [-0.15, -0.1) is 0 Å². The van der Waals surface area contributed by atoms with Crippen molar-refractivity contribution < 1.29 is 0 Å². The van der Waals surface area contributed by atoms with Crippen LogP contribution in [-0.4, -0.2) is 15.0 Å². The zero-order chi connectivity index (χ0) is 11.8. The van der Waals surface area contributed by atoms with Crippen molar-refractivity contribution in [2.45, 2.75) is 6.92 Å². The minimum Gasteiger partial charge on any atom is -0.342 e. The van der Waals surface area contributed by atoms with Crippen LogP contribution in [-0.2, 0) is 0 Å². The van der Waals surface area contributed by atoms with Crippen molar-refractivity contribution >= 4 is 11.6 Å². The average molecular weight is 244 g/mol. The molecule has 1 aromatic rings. The first-order valence-corrected chi connectivity index (χ1v) is 5.70. The highest BCUT2D eigenvalue weighted by molar-refractivity contribution is 6.31. The molecule has 0 atom stereocenters. The van der Waals surface area contributed by atoms with E-state index in [1.54, 1.807) is 0 Å². The second kappa shape index (κ2) is 3.86. The Bertz CT molecular complexity index is 631. The van der Waals surface area contributed by atoms with E-state index in [1.807, 2.05) is 43.3 Å². The number of halogens is 1. The van der Waals surface area contributed by atoms with E-state index in [1.165, 1.54) is 0 Å². The van der Waals surface area contributed by atoms with Crippen molar-refractivity contribution in [3.8, 4) is 22.6 Å². The quantitative estimate of drug-likeness (QED) is 0.664. The summed E-state index contributed by atoms with van der Waals surface area (Å²) in [5.74, 6) is 0.787. The summed E-state index contributed by atoms with van der Waals surface area (Å²) >= 11 is 6.07. The second-order valence-corrected chi connectivity index (χ2v) is 4.24. The van der Waals surface area contributed by atoms with Crippen LogP contribution in [0.4, 0.5) is 0 Å². The molecule has 2 aliphatic heterocycles. The molecule has 2 aliphatic rings. The lowest BCUT2D eigenvalue weighted by molar-refractivity contribution is 1.05. The van der Waals surface area contributed by atoms with Gasteiger partial charge in [0.05, 0.1) is 11.4 Å². The van der Waals surface area contributed by atoms with Crippen LogP contribution in [0.3, 0.4) is 0 Å². The van der Waals surface area contributed by atoms with Crippen molar-refractivity contribution in [2.24, 2.45) is 0 Å². The Morgan fingerprint density at radius 3 is 2.65 bits per heavy atom. The number of nitrogens with zero attached hydrogens (tertiary/aromatic N) is 2. The van der Waals surface area contributed by atoms with E-state index in [2.05, 4.69) is 15.0 Å². The molecule has 0 aliphatic carbocycles. The highest BCUT2D eigenvalue weighted by atomic mass is 35.5. The molecule has 3 rings (SSSR count). The van der Waals surface area contributed by atoms with Gasteiger partial charge in [-0.3, -0.25) is 0 Å². The third kappa shape index (κ3) is 1.78. The number of benzene rings is 1. The van der Waals surface area contributed by atoms with E-state index in [0.29, 0.717) is 5.15 Å². The van der Waals surface area contributed by atoms with E-state index in [4.69, 9.17) is 11.6 Å². The van der Waals surface area contributed by atoms with Crippen molar-refractivity contribution in [3.05, 3.63) is 47.4 Å². The standard InChI is InChI=1S/C13H10ClN3/c1-8-15-11-7-10(9-5-3-2-4-6-9)17-12(11)13(14)16-8/h2-7H,1H3,(H,15,16). The zero-order valence-corrected chi connectivity index (χ0v) is 9.99. The summed E-state index contributed by atoms with van der Waals surface area (Å²) in [4.78, 5) is 11.8. The normalized spacial score (nSPS) is 10.9. The van der Waals surface area contributed by atoms with Gasteiger partial charge in [-0.1, -0.05) is 41.9 Å². The summed E-state index contributed by atoms with van der Waals surface area (Å²) in [5, 5.41) is 0.443. The number of aryl methyl sites for hydroxylation is 1. The van der Waals surface area contributed by atoms with Crippen LogP contribution in [0.5, 0.6) is 0 Å². The van der Waals surface area contributed by atoms with E-state index < -0.39 is 0 Å². The summed E-state index contributed by atoms with van der Waals surface area (Å²) in [6, 6.07) is 12.0. The second-order valence-electron chi connectivity index (χ2n) is 3.88. The van der Waals surface area contributed by atoms with Crippen molar-refractivity contribution in [2.75, 3.05) is 0 Å². The van der Waals surface area contributed by atoms with Crippen LogP contribution in [0, 0.1) is 6.92 Å². The van der Waals surface area contributed by atoms with Crippen molar-refractivity contribution in [1.82, 2.24) is 15.0 Å². The average Bonchev–Trinajstić information content (AvgIpc) is 2.74. The van der Waals surface area contributed by atoms with E-state index >= 15 is 0 Å². The number of nitrogens with one attached hydrogen (secondary N) is 1. The Morgan fingerprint density at radius 2 is 1.88 bits per heavy atom. The number of aromatic amines is 1. The predicted octanol–water partition coefficient (Wildman–Crippen LogP) is 3.54. The fourth-order valence-electron chi connectivity index (χ4n) is 1.85. The molecule has 0 radical (unpaired) electrons. The molecule has 1 aromatic carbocycles. The molecular formula is C13H10ClN3. The maximum absolute atomic E-state index is 6.07. The molecular weight excluding hydrogens is 234 g/mol. The zero-order valence-electron chi connectivity index (χ0n) is 9.24. The minimum atomic E-state index is 0.443. The van der Waals surface area contributed by atoms with Gasteiger partial charge in [0.25, 0.3) is 0 Å². The van der Waals surface area contributed by atoms with Gasteiger partial charge < -0.3 is 4.98 Å². The topological polar surface area (TPSA) is 41.6 Å². The minimum absolute atomic E-state index is 0.443. The third-order valence-electron chi connectivity index (χ3n) is 2.61. The molecule has 84 valence electrons. The van der Waals surface area contributed by atoms with E-state index in [-0.39, 0.29) is 0 Å². The molecule has 0 bridgehead atoms. The largest absolute Gasteiger partial charge is 0.342 e. The number of aromatic nitrogens is 3.